The molecule has 0 bridgehead atoms. The van der Waals surface area contributed by atoms with Crippen molar-refractivity contribution >= 4 is 15.9 Å². The van der Waals surface area contributed by atoms with Gasteiger partial charge in [0.05, 0.1) is 5.69 Å². The van der Waals surface area contributed by atoms with Crippen LogP contribution < -0.4 is 5.32 Å². The Balaban J connectivity index is 1.91. The SMILES string of the molecule is CNCc1ccc(-n2nnc(-c3ccccc3)n2)cc1Br. The lowest BCUT2D eigenvalue weighted by Gasteiger charge is -2.05. The summed E-state index contributed by atoms with van der Waals surface area (Å²) in [5.74, 6) is 0.617. The molecule has 1 aromatic heterocycles. The summed E-state index contributed by atoms with van der Waals surface area (Å²) in [5, 5.41) is 15.8. The van der Waals surface area contributed by atoms with Gasteiger partial charge in [-0.2, -0.15) is 0 Å². The van der Waals surface area contributed by atoms with Gasteiger partial charge in [-0.05, 0) is 30.0 Å². The molecule has 0 atom stereocenters. The highest BCUT2D eigenvalue weighted by Gasteiger charge is 2.08. The van der Waals surface area contributed by atoms with Gasteiger partial charge in [-0.3, -0.25) is 0 Å². The lowest BCUT2D eigenvalue weighted by molar-refractivity contribution is 0.718. The van der Waals surface area contributed by atoms with Crippen molar-refractivity contribution in [1.29, 1.82) is 0 Å². The van der Waals surface area contributed by atoms with E-state index < -0.39 is 0 Å². The van der Waals surface area contributed by atoms with Crippen LogP contribution in [0.1, 0.15) is 5.56 Å². The van der Waals surface area contributed by atoms with Gasteiger partial charge in [-0.1, -0.05) is 52.3 Å². The third kappa shape index (κ3) is 3.01. The number of hydrogen-bond donors (Lipinski definition) is 1. The Morgan fingerprint density at radius 2 is 1.95 bits per heavy atom. The fourth-order valence-electron chi connectivity index (χ4n) is 2.02. The van der Waals surface area contributed by atoms with Gasteiger partial charge in [0, 0.05) is 16.6 Å². The van der Waals surface area contributed by atoms with Crippen molar-refractivity contribution < 1.29 is 0 Å². The van der Waals surface area contributed by atoms with Crippen LogP contribution in [0.2, 0.25) is 0 Å². The van der Waals surface area contributed by atoms with Crippen LogP contribution in [0.5, 0.6) is 0 Å². The lowest BCUT2D eigenvalue weighted by atomic mass is 10.2. The van der Waals surface area contributed by atoms with Crippen LogP contribution >= 0.6 is 15.9 Å². The van der Waals surface area contributed by atoms with Crippen molar-refractivity contribution in [2.45, 2.75) is 6.54 Å². The average Bonchev–Trinajstić information content (AvgIpc) is 3.00. The van der Waals surface area contributed by atoms with Crippen LogP contribution in [-0.2, 0) is 6.54 Å². The molecule has 0 fully saturated rings. The summed E-state index contributed by atoms with van der Waals surface area (Å²) in [6, 6.07) is 15.8. The molecule has 6 heteroatoms. The highest BCUT2D eigenvalue weighted by molar-refractivity contribution is 9.10. The minimum atomic E-state index is 0.617. The minimum Gasteiger partial charge on any atom is -0.316 e. The summed E-state index contributed by atoms with van der Waals surface area (Å²) < 4.78 is 1.02. The molecular weight excluding hydrogens is 330 g/mol. The molecule has 0 saturated heterocycles. The predicted molar refractivity (Wildman–Crippen MR) is 85.1 cm³/mol. The molecule has 3 rings (SSSR count). The number of rotatable bonds is 4. The quantitative estimate of drug-likeness (QED) is 0.791. The summed E-state index contributed by atoms with van der Waals surface area (Å²) in [7, 11) is 1.92. The second kappa shape index (κ2) is 6.15. The van der Waals surface area contributed by atoms with Gasteiger partial charge in [-0.15, -0.1) is 15.0 Å². The Morgan fingerprint density at radius 1 is 1.14 bits per heavy atom. The smallest absolute Gasteiger partial charge is 0.205 e. The third-order valence-electron chi connectivity index (χ3n) is 3.08. The van der Waals surface area contributed by atoms with Crippen molar-refractivity contribution in [2.24, 2.45) is 0 Å². The van der Waals surface area contributed by atoms with E-state index in [0.29, 0.717) is 5.82 Å². The standard InChI is InChI=1S/C15H14BrN5/c1-17-10-12-7-8-13(9-14(12)16)21-19-15(18-20-21)11-5-3-2-4-6-11/h2-9,17H,10H2,1H3. The first-order chi connectivity index (χ1) is 10.3. The van der Waals surface area contributed by atoms with E-state index in [1.807, 2.05) is 55.6 Å². The second-order valence-corrected chi connectivity index (χ2v) is 5.43. The molecule has 5 nitrogen and oxygen atoms in total. The van der Waals surface area contributed by atoms with Gasteiger partial charge in [0.2, 0.25) is 5.82 Å². The molecule has 2 aromatic carbocycles. The van der Waals surface area contributed by atoms with Crippen LogP contribution in [0.15, 0.2) is 53.0 Å². The normalized spacial score (nSPS) is 10.8. The summed E-state index contributed by atoms with van der Waals surface area (Å²) in [5.41, 5.74) is 3.01. The monoisotopic (exact) mass is 343 g/mol. The first-order valence-corrected chi connectivity index (χ1v) is 7.36. The van der Waals surface area contributed by atoms with Gasteiger partial charge in [0.15, 0.2) is 0 Å². The van der Waals surface area contributed by atoms with Gasteiger partial charge in [-0.25, -0.2) is 0 Å². The summed E-state index contributed by atoms with van der Waals surface area (Å²) in [6.07, 6.45) is 0. The third-order valence-corrected chi connectivity index (χ3v) is 3.82. The molecule has 0 radical (unpaired) electrons. The number of aromatic nitrogens is 4. The largest absolute Gasteiger partial charge is 0.316 e. The maximum absolute atomic E-state index is 4.43. The summed E-state index contributed by atoms with van der Waals surface area (Å²) >= 11 is 3.57. The fourth-order valence-corrected chi connectivity index (χ4v) is 2.53. The topological polar surface area (TPSA) is 55.6 Å². The second-order valence-electron chi connectivity index (χ2n) is 4.57. The zero-order valence-corrected chi connectivity index (χ0v) is 13.1. The van der Waals surface area contributed by atoms with E-state index in [1.54, 1.807) is 0 Å². The van der Waals surface area contributed by atoms with E-state index in [-0.39, 0.29) is 0 Å². The Kier molecular flexibility index (Phi) is 4.08. The fraction of sp³-hybridized carbons (Fsp3) is 0.133. The highest BCUT2D eigenvalue weighted by Crippen LogP contribution is 2.21. The molecule has 0 aliphatic heterocycles. The van der Waals surface area contributed by atoms with Gasteiger partial charge in [0.25, 0.3) is 0 Å². The van der Waals surface area contributed by atoms with Crippen molar-refractivity contribution in [3.8, 4) is 17.1 Å². The van der Waals surface area contributed by atoms with E-state index in [2.05, 4.69) is 36.7 Å². The number of nitrogens with one attached hydrogen (secondary N) is 1. The predicted octanol–water partition coefficient (Wildman–Crippen LogP) is 2.81. The van der Waals surface area contributed by atoms with Gasteiger partial charge >= 0.3 is 0 Å². The molecule has 1 N–H and O–H groups in total. The number of benzene rings is 2. The highest BCUT2D eigenvalue weighted by atomic mass is 79.9. The maximum Gasteiger partial charge on any atom is 0.205 e. The molecule has 3 aromatic rings. The number of nitrogens with zero attached hydrogens (tertiary/aromatic N) is 4. The maximum atomic E-state index is 4.43. The molecule has 21 heavy (non-hydrogen) atoms. The molecule has 0 aliphatic carbocycles. The van der Waals surface area contributed by atoms with Crippen LogP contribution in [0, 0.1) is 0 Å². The van der Waals surface area contributed by atoms with Crippen LogP contribution in [0.4, 0.5) is 0 Å². The molecule has 106 valence electrons. The molecule has 0 spiro atoms. The molecular formula is C15H14BrN5. The average molecular weight is 344 g/mol. The molecule has 1 heterocycles. The molecule has 0 unspecified atom stereocenters. The Morgan fingerprint density at radius 3 is 2.67 bits per heavy atom. The Labute approximate surface area is 131 Å². The van der Waals surface area contributed by atoms with E-state index in [0.717, 1.165) is 22.3 Å². The van der Waals surface area contributed by atoms with Crippen molar-refractivity contribution in [3.05, 3.63) is 58.6 Å². The summed E-state index contributed by atoms with van der Waals surface area (Å²) in [6.45, 7) is 0.806. The van der Waals surface area contributed by atoms with Gasteiger partial charge in [0.1, 0.15) is 0 Å². The van der Waals surface area contributed by atoms with Crippen molar-refractivity contribution in [1.82, 2.24) is 25.5 Å². The Bertz CT molecular complexity index is 739. The number of hydrogen-bond acceptors (Lipinski definition) is 4. The van der Waals surface area contributed by atoms with Crippen LogP contribution in [0.3, 0.4) is 0 Å². The summed E-state index contributed by atoms with van der Waals surface area (Å²) in [4.78, 5) is 1.54. The lowest BCUT2D eigenvalue weighted by Crippen LogP contribution is -2.06. The van der Waals surface area contributed by atoms with Crippen molar-refractivity contribution in [2.75, 3.05) is 7.05 Å². The van der Waals surface area contributed by atoms with Crippen LogP contribution in [-0.4, -0.2) is 27.3 Å². The van der Waals surface area contributed by atoms with Gasteiger partial charge < -0.3 is 5.32 Å². The van der Waals surface area contributed by atoms with Crippen molar-refractivity contribution in [3.63, 3.8) is 0 Å². The minimum absolute atomic E-state index is 0.617. The first kappa shape index (κ1) is 13.9. The zero-order chi connectivity index (χ0) is 14.7. The van der Waals surface area contributed by atoms with Crippen LogP contribution in [0.25, 0.3) is 17.1 Å². The zero-order valence-electron chi connectivity index (χ0n) is 11.5. The number of halogens is 1. The van der Waals surface area contributed by atoms with E-state index in [4.69, 9.17) is 0 Å². The van der Waals surface area contributed by atoms with E-state index in [1.165, 1.54) is 10.4 Å². The number of tetrazole rings is 1. The molecule has 0 aliphatic rings. The molecule has 0 amide bonds. The molecule has 0 saturated carbocycles. The van der Waals surface area contributed by atoms with E-state index in [9.17, 15) is 0 Å². The first-order valence-electron chi connectivity index (χ1n) is 6.57. The Hall–Kier alpha value is -2.05. The van der Waals surface area contributed by atoms with E-state index >= 15 is 0 Å².